The third-order valence-corrected chi connectivity index (χ3v) is 9.13. The highest BCUT2D eigenvalue weighted by Gasteiger charge is 2.64. The third-order valence-electron chi connectivity index (χ3n) is 9.13. The van der Waals surface area contributed by atoms with Crippen LogP contribution in [0.4, 0.5) is 0 Å². The van der Waals surface area contributed by atoms with Gasteiger partial charge in [0.15, 0.2) is 5.78 Å². The summed E-state index contributed by atoms with van der Waals surface area (Å²) in [5, 5.41) is 10.1. The second kappa shape index (κ2) is 6.93. The van der Waals surface area contributed by atoms with Gasteiger partial charge in [0.2, 0.25) is 0 Å². The van der Waals surface area contributed by atoms with Crippen LogP contribution in [0.2, 0.25) is 0 Å². The van der Waals surface area contributed by atoms with E-state index < -0.39 is 5.97 Å². The largest absolute Gasteiger partial charge is 0.458 e. The fourth-order valence-electron chi connectivity index (χ4n) is 7.85. The van der Waals surface area contributed by atoms with Crippen molar-refractivity contribution >= 4 is 17.5 Å². The van der Waals surface area contributed by atoms with E-state index in [1.807, 2.05) is 0 Å². The minimum absolute atomic E-state index is 0.000393. The van der Waals surface area contributed by atoms with E-state index >= 15 is 0 Å². The number of carbonyl (C=O) groups is 3. The van der Waals surface area contributed by atoms with Crippen LogP contribution in [0.3, 0.4) is 0 Å². The first-order chi connectivity index (χ1) is 13.2. The second-order valence-corrected chi connectivity index (χ2v) is 10.5. The summed E-state index contributed by atoms with van der Waals surface area (Å²) in [6, 6.07) is 0. The molecule has 0 heterocycles. The molecule has 0 aromatic rings. The van der Waals surface area contributed by atoms with E-state index in [-0.39, 0.29) is 41.2 Å². The number of aliphatic hydroxyl groups excluding tert-OH is 1. The van der Waals surface area contributed by atoms with Gasteiger partial charge in [0, 0.05) is 25.2 Å². The van der Waals surface area contributed by atoms with Crippen LogP contribution in [0, 0.1) is 40.4 Å². The minimum atomic E-state index is -0.432. The zero-order valence-electron chi connectivity index (χ0n) is 17.4. The van der Waals surface area contributed by atoms with Gasteiger partial charge in [-0.1, -0.05) is 13.8 Å². The molecule has 0 spiro atoms. The molecule has 0 aliphatic heterocycles. The minimum Gasteiger partial charge on any atom is -0.458 e. The Morgan fingerprint density at radius 2 is 1.86 bits per heavy atom. The molecule has 4 aliphatic carbocycles. The molecule has 4 fully saturated rings. The Morgan fingerprint density at radius 1 is 1.11 bits per heavy atom. The number of carbonyl (C=O) groups excluding carboxylic acids is 3. The Labute approximate surface area is 167 Å². The first kappa shape index (κ1) is 20.1. The Kier molecular flexibility index (Phi) is 4.96. The van der Waals surface area contributed by atoms with Gasteiger partial charge in [-0.15, -0.1) is 0 Å². The fourth-order valence-corrected chi connectivity index (χ4v) is 7.85. The van der Waals surface area contributed by atoms with Crippen molar-refractivity contribution in [1.82, 2.24) is 0 Å². The van der Waals surface area contributed by atoms with Crippen LogP contribution < -0.4 is 0 Å². The summed E-state index contributed by atoms with van der Waals surface area (Å²) >= 11 is 0. The van der Waals surface area contributed by atoms with Crippen molar-refractivity contribution in [1.29, 1.82) is 0 Å². The van der Waals surface area contributed by atoms with Crippen LogP contribution in [0.25, 0.3) is 0 Å². The highest BCUT2D eigenvalue weighted by atomic mass is 16.5. The van der Waals surface area contributed by atoms with E-state index in [1.165, 1.54) is 6.92 Å². The predicted octanol–water partition coefficient (Wildman–Crippen LogP) is 3.32. The summed E-state index contributed by atoms with van der Waals surface area (Å²) in [6.45, 7) is 5.58. The Morgan fingerprint density at radius 3 is 2.57 bits per heavy atom. The molecule has 4 aliphatic rings. The summed E-state index contributed by atoms with van der Waals surface area (Å²) in [5.74, 6) is 0.971. The summed E-state index contributed by atoms with van der Waals surface area (Å²) in [4.78, 5) is 37.4. The van der Waals surface area contributed by atoms with Crippen LogP contribution in [-0.2, 0) is 19.1 Å². The molecular formula is C23H34O5. The van der Waals surface area contributed by atoms with Gasteiger partial charge in [-0.25, -0.2) is 0 Å². The topological polar surface area (TPSA) is 80.7 Å². The number of ketones is 2. The van der Waals surface area contributed by atoms with Crippen molar-refractivity contribution in [3.8, 4) is 0 Å². The average Bonchev–Trinajstić information content (AvgIpc) is 2.96. The maximum atomic E-state index is 13.5. The highest BCUT2D eigenvalue weighted by Crippen LogP contribution is 2.66. The van der Waals surface area contributed by atoms with Crippen molar-refractivity contribution in [2.45, 2.75) is 78.2 Å². The molecule has 0 bridgehead atoms. The molecule has 4 rings (SSSR count). The normalized spacial score (nSPS) is 47.6. The predicted molar refractivity (Wildman–Crippen MR) is 103 cm³/mol. The molecule has 0 aromatic carbocycles. The highest BCUT2D eigenvalue weighted by molar-refractivity contribution is 5.89. The van der Waals surface area contributed by atoms with Crippen molar-refractivity contribution in [2.24, 2.45) is 40.4 Å². The van der Waals surface area contributed by atoms with E-state index in [4.69, 9.17) is 4.74 Å². The lowest BCUT2D eigenvalue weighted by Crippen LogP contribution is -2.58. The van der Waals surface area contributed by atoms with E-state index in [9.17, 15) is 19.5 Å². The quantitative estimate of drug-likeness (QED) is 0.748. The van der Waals surface area contributed by atoms with Gasteiger partial charge >= 0.3 is 5.97 Å². The van der Waals surface area contributed by atoms with Crippen LogP contribution in [0.1, 0.15) is 72.1 Å². The maximum absolute atomic E-state index is 13.5. The van der Waals surface area contributed by atoms with E-state index in [0.717, 1.165) is 44.9 Å². The van der Waals surface area contributed by atoms with Gasteiger partial charge in [0.05, 0.1) is 6.10 Å². The van der Waals surface area contributed by atoms with Crippen LogP contribution in [0.5, 0.6) is 0 Å². The fraction of sp³-hybridized carbons (Fsp3) is 0.870. The molecule has 156 valence electrons. The summed E-state index contributed by atoms with van der Waals surface area (Å²) in [5.41, 5.74) is -0.298. The van der Waals surface area contributed by atoms with Crippen molar-refractivity contribution in [3.63, 3.8) is 0 Å². The molecule has 28 heavy (non-hydrogen) atoms. The van der Waals surface area contributed by atoms with Gasteiger partial charge in [0.1, 0.15) is 12.4 Å². The third kappa shape index (κ3) is 2.96. The zero-order chi connectivity index (χ0) is 20.3. The molecular weight excluding hydrogens is 356 g/mol. The van der Waals surface area contributed by atoms with Gasteiger partial charge in [-0.2, -0.15) is 0 Å². The first-order valence-electron chi connectivity index (χ1n) is 11.0. The Bertz CT molecular complexity index is 686. The Hall–Kier alpha value is -1.23. The second-order valence-electron chi connectivity index (χ2n) is 10.5. The van der Waals surface area contributed by atoms with Gasteiger partial charge < -0.3 is 9.84 Å². The monoisotopic (exact) mass is 390 g/mol. The van der Waals surface area contributed by atoms with Gasteiger partial charge in [0.25, 0.3) is 0 Å². The first-order valence-corrected chi connectivity index (χ1v) is 11.0. The molecule has 5 nitrogen and oxygen atoms in total. The van der Waals surface area contributed by atoms with Crippen molar-refractivity contribution in [3.05, 3.63) is 0 Å². The summed E-state index contributed by atoms with van der Waals surface area (Å²) in [7, 11) is 0. The van der Waals surface area contributed by atoms with Crippen LogP contribution >= 0.6 is 0 Å². The van der Waals surface area contributed by atoms with Crippen LogP contribution in [-0.4, -0.2) is 35.4 Å². The molecule has 0 unspecified atom stereocenters. The number of Topliss-reactive ketones (excluding diaryl/α,β-unsaturated/α-hetero) is 2. The SMILES string of the molecule is CC(=O)OCC(=O)[C@@H]1CC[C@@H]2[C@@H]3CC[C@H]4C[C@H](O)CC[C@]4(C)[C@@H]3C(=O)C[C@@]21C. The lowest BCUT2D eigenvalue weighted by Gasteiger charge is -2.59. The summed E-state index contributed by atoms with van der Waals surface area (Å²) in [6.07, 6.45) is 6.74. The van der Waals surface area contributed by atoms with Crippen molar-refractivity contribution < 1.29 is 24.2 Å². The van der Waals surface area contributed by atoms with Crippen molar-refractivity contribution in [2.75, 3.05) is 6.61 Å². The molecule has 0 saturated heterocycles. The smallest absolute Gasteiger partial charge is 0.303 e. The molecule has 4 saturated carbocycles. The van der Waals surface area contributed by atoms with E-state index in [2.05, 4.69) is 13.8 Å². The molecule has 0 radical (unpaired) electrons. The molecule has 0 amide bonds. The number of rotatable bonds is 3. The number of fused-ring (bicyclic) bond motifs is 5. The molecule has 5 heteroatoms. The summed E-state index contributed by atoms with van der Waals surface area (Å²) < 4.78 is 4.97. The van der Waals surface area contributed by atoms with Crippen LogP contribution in [0.15, 0.2) is 0 Å². The number of hydrogen-bond donors (Lipinski definition) is 1. The standard InChI is InChI=1S/C23H34O5/c1-13(24)28-12-20(27)18-7-6-17-16-5-4-14-10-15(25)8-9-22(14,2)21(16)19(26)11-23(17,18)3/h14-18,21,25H,4-12H2,1-3H3/t14-,15+,16-,17+,18-,21-,22-,23-/m0/s1. The molecule has 8 atom stereocenters. The molecule has 0 aromatic heterocycles. The maximum Gasteiger partial charge on any atom is 0.303 e. The number of ether oxygens (including phenoxy) is 1. The number of aliphatic hydroxyl groups is 1. The number of esters is 1. The lowest BCUT2D eigenvalue weighted by atomic mass is 9.44. The average molecular weight is 391 g/mol. The van der Waals surface area contributed by atoms with E-state index in [1.54, 1.807) is 0 Å². The van der Waals surface area contributed by atoms with E-state index in [0.29, 0.717) is 30.0 Å². The van der Waals surface area contributed by atoms with Gasteiger partial charge in [-0.3, -0.25) is 14.4 Å². The Balaban J connectivity index is 1.58. The molecule has 1 N–H and O–H groups in total. The number of hydrogen-bond acceptors (Lipinski definition) is 5. The zero-order valence-corrected chi connectivity index (χ0v) is 17.4. The lowest BCUT2D eigenvalue weighted by molar-refractivity contribution is -0.163. The van der Waals surface area contributed by atoms with Gasteiger partial charge in [-0.05, 0) is 73.5 Å².